The maximum atomic E-state index is 2.28. The van der Waals surface area contributed by atoms with E-state index in [1.807, 2.05) is 0 Å². The SMILES string of the molecule is CCC[CH2][SnH][CH2]c1ccccc1.O. The Kier molecular flexibility index (Phi) is 8.56. The summed E-state index contributed by atoms with van der Waals surface area (Å²) in [5.41, 5.74) is 1.56. The number of unbranched alkanes of at least 4 members (excludes halogenated alkanes) is 1. The summed E-state index contributed by atoms with van der Waals surface area (Å²) in [5.74, 6) is 0. The van der Waals surface area contributed by atoms with Crippen LogP contribution in [0, 0.1) is 0 Å². The summed E-state index contributed by atoms with van der Waals surface area (Å²) in [7, 11) is 0. The second-order valence-electron chi connectivity index (χ2n) is 3.12. The van der Waals surface area contributed by atoms with E-state index in [4.69, 9.17) is 0 Å². The largest absolute Gasteiger partial charge is 0.412 e. The molecule has 0 spiro atoms. The van der Waals surface area contributed by atoms with E-state index in [-0.39, 0.29) is 26.6 Å². The Balaban J connectivity index is 0.00000144. The minimum absolute atomic E-state index is 0. The van der Waals surface area contributed by atoms with Crippen LogP contribution in [0.3, 0.4) is 0 Å². The Morgan fingerprint density at radius 2 is 1.85 bits per heavy atom. The van der Waals surface area contributed by atoms with Gasteiger partial charge in [0.2, 0.25) is 0 Å². The van der Waals surface area contributed by atoms with Gasteiger partial charge in [-0.2, -0.15) is 0 Å². The zero-order valence-corrected chi connectivity index (χ0v) is 11.6. The Hall–Kier alpha value is -0.0213. The van der Waals surface area contributed by atoms with Crippen LogP contribution in [0.1, 0.15) is 25.3 Å². The summed E-state index contributed by atoms with van der Waals surface area (Å²) in [6.45, 7) is 2.28. The summed E-state index contributed by atoms with van der Waals surface area (Å²) < 4.78 is 3.01. The van der Waals surface area contributed by atoms with Crippen molar-refractivity contribution in [2.24, 2.45) is 0 Å². The molecule has 0 unspecified atom stereocenters. The molecule has 1 aromatic carbocycles. The molecule has 1 rings (SSSR count). The van der Waals surface area contributed by atoms with E-state index in [1.165, 1.54) is 17.3 Å². The molecule has 2 heteroatoms. The van der Waals surface area contributed by atoms with Crippen molar-refractivity contribution in [3.63, 3.8) is 0 Å². The Morgan fingerprint density at radius 3 is 2.46 bits per heavy atom. The molecule has 2 N–H and O–H groups in total. The molecule has 1 radical (unpaired) electrons. The van der Waals surface area contributed by atoms with E-state index in [0.717, 1.165) is 0 Å². The fourth-order valence-corrected chi connectivity index (χ4v) is 5.53. The van der Waals surface area contributed by atoms with Crippen molar-refractivity contribution in [1.82, 2.24) is 0 Å². The van der Waals surface area contributed by atoms with E-state index in [1.54, 1.807) is 10.0 Å². The smallest absolute Gasteiger partial charge is 0.412 e. The molecule has 0 bridgehead atoms. The molecule has 73 valence electrons. The predicted octanol–water partition coefficient (Wildman–Crippen LogP) is 2.02. The molecule has 0 aliphatic rings. The molecule has 0 amide bonds. The molecule has 0 saturated carbocycles. The van der Waals surface area contributed by atoms with E-state index < -0.39 is 0 Å². The van der Waals surface area contributed by atoms with Crippen LogP contribution >= 0.6 is 0 Å². The fourth-order valence-electron chi connectivity index (χ4n) is 1.23. The summed E-state index contributed by atoms with van der Waals surface area (Å²) in [4.78, 5) is 0. The van der Waals surface area contributed by atoms with E-state index in [0.29, 0.717) is 0 Å². The third kappa shape index (κ3) is 6.10. The van der Waals surface area contributed by atoms with Gasteiger partial charge in [-0.15, -0.1) is 0 Å². The third-order valence-electron chi connectivity index (χ3n) is 1.98. The molecule has 0 atom stereocenters. The van der Waals surface area contributed by atoms with Crippen LogP contribution < -0.4 is 0 Å². The first-order valence-corrected chi connectivity index (χ1v) is 9.45. The molecule has 0 aliphatic heterocycles. The van der Waals surface area contributed by atoms with Gasteiger partial charge in [0.15, 0.2) is 0 Å². The van der Waals surface area contributed by atoms with Gasteiger partial charge in [0.05, 0.1) is 0 Å². The van der Waals surface area contributed by atoms with Crippen LogP contribution in [0.5, 0.6) is 0 Å². The second-order valence-corrected chi connectivity index (χ2v) is 7.58. The zero-order valence-electron chi connectivity index (χ0n) is 8.29. The standard InChI is InChI=1S/C7H7.C4H9.H2O.Sn.H/c1-7-5-3-2-4-6-7;1-3-4-2;;;/h2-6H,1H2;1,3-4H2,2H3;1H2;;. The molecule has 0 aromatic heterocycles. The first-order valence-electron chi connectivity index (χ1n) is 4.79. The van der Waals surface area contributed by atoms with Gasteiger partial charge in [-0.05, 0) is 0 Å². The number of hydrogen-bond donors (Lipinski definition) is 0. The summed E-state index contributed by atoms with van der Waals surface area (Å²) in [6, 6.07) is 10.9. The Bertz CT molecular complexity index is 199. The molecule has 1 aromatic rings. The van der Waals surface area contributed by atoms with Crippen molar-refractivity contribution in [2.75, 3.05) is 0 Å². The van der Waals surface area contributed by atoms with Gasteiger partial charge in [-0.3, -0.25) is 0 Å². The van der Waals surface area contributed by atoms with Crippen LogP contribution in [0.4, 0.5) is 0 Å². The molecule has 1 nitrogen and oxygen atoms in total. The zero-order chi connectivity index (χ0) is 8.65. The molecular weight excluding hydrogens is 267 g/mol. The van der Waals surface area contributed by atoms with Crippen molar-refractivity contribution >= 4 is 21.1 Å². The molecular formula is C11H19OSn. The Labute approximate surface area is 91.1 Å². The van der Waals surface area contributed by atoms with Gasteiger partial charge < -0.3 is 5.48 Å². The minimum Gasteiger partial charge on any atom is -0.412 e. The van der Waals surface area contributed by atoms with Gasteiger partial charge in [0, 0.05) is 0 Å². The number of rotatable bonds is 5. The maximum Gasteiger partial charge on any atom is -0.412 e. The van der Waals surface area contributed by atoms with Crippen LogP contribution in [0.15, 0.2) is 30.3 Å². The topological polar surface area (TPSA) is 31.5 Å². The van der Waals surface area contributed by atoms with Crippen LogP contribution in [-0.4, -0.2) is 26.6 Å². The van der Waals surface area contributed by atoms with Crippen LogP contribution in [0.25, 0.3) is 0 Å². The van der Waals surface area contributed by atoms with Crippen LogP contribution in [0.2, 0.25) is 4.44 Å². The van der Waals surface area contributed by atoms with Crippen molar-refractivity contribution < 1.29 is 5.48 Å². The molecule has 0 fully saturated rings. The minimum atomic E-state index is -0.219. The first kappa shape index (κ1) is 13.0. The second kappa shape index (κ2) is 8.57. The van der Waals surface area contributed by atoms with Crippen molar-refractivity contribution in [1.29, 1.82) is 0 Å². The van der Waals surface area contributed by atoms with Gasteiger partial charge in [-0.25, -0.2) is 0 Å². The number of benzene rings is 1. The molecule has 0 aliphatic carbocycles. The van der Waals surface area contributed by atoms with Gasteiger partial charge in [0.1, 0.15) is 0 Å². The third-order valence-corrected chi connectivity index (χ3v) is 6.48. The van der Waals surface area contributed by atoms with Gasteiger partial charge in [0.25, 0.3) is 0 Å². The summed E-state index contributed by atoms with van der Waals surface area (Å²) in [6.07, 6.45) is 2.84. The van der Waals surface area contributed by atoms with Crippen LogP contribution in [-0.2, 0) is 4.44 Å². The Morgan fingerprint density at radius 1 is 1.15 bits per heavy atom. The van der Waals surface area contributed by atoms with Crippen molar-refractivity contribution in [2.45, 2.75) is 28.6 Å². The van der Waals surface area contributed by atoms with E-state index in [2.05, 4.69) is 37.3 Å². The fraction of sp³-hybridized carbons (Fsp3) is 0.455. The summed E-state index contributed by atoms with van der Waals surface area (Å²) in [5, 5.41) is 0. The van der Waals surface area contributed by atoms with Gasteiger partial charge >= 0.3 is 85.7 Å². The molecule has 0 saturated heterocycles. The summed E-state index contributed by atoms with van der Waals surface area (Å²) >= 11 is -0.219. The van der Waals surface area contributed by atoms with Gasteiger partial charge in [-0.1, -0.05) is 0 Å². The average molecular weight is 286 g/mol. The number of hydrogen-bond acceptors (Lipinski definition) is 0. The monoisotopic (exact) mass is 287 g/mol. The average Bonchev–Trinajstić information content (AvgIpc) is 2.14. The maximum absolute atomic E-state index is 2.28. The van der Waals surface area contributed by atoms with E-state index in [9.17, 15) is 0 Å². The van der Waals surface area contributed by atoms with Crippen molar-refractivity contribution in [3.05, 3.63) is 35.9 Å². The molecule has 0 heterocycles. The first-order chi connectivity index (χ1) is 5.93. The quantitative estimate of drug-likeness (QED) is 0.586. The predicted molar refractivity (Wildman–Crippen MR) is 60.6 cm³/mol. The van der Waals surface area contributed by atoms with E-state index >= 15 is 0 Å². The molecule has 13 heavy (non-hydrogen) atoms. The normalized spacial score (nSPS) is 9.31. The van der Waals surface area contributed by atoms with Crippen molar-refractivity contribution in [3.8, 4) is 0 Å².